The first kappa shape index (κ1) is 21.4. The van der Waals surface area contributed by atoms with Gasteiger partial charge >= 0.3 is 12.1 Å². The van der Waals surface area contributed by atoms with Gasteiger partial charge in [0, 0.05) is 16.8 Å². The number of aliphatic carboxylic acids is 1. The Hall–Kier alpha value is -3.33. The minimum atomic E-state index is -4.55. The molecule has 10 heteroatoms. The van der Waals surface area contributed by atoms with Gasteiger partial charge in [-0.25, -0.2) is 4.68 Å². The highest BCUT2D eigenvalue weighted by atomic mass is 35.5. The summed E-state index contributed by atoms with van der Waals surface area (Å²) in [4.78, 5) is 23.7. The van der Waals surface area contributed by atoms with Crippen LogP contribution in [0.2, 0.25) is 5.02 Å². The smallest absolute Gasteiger partial charge is 0.435 e. The largest absolute Gasteiger partial charge is 0.481 e. The molecule has 1 amide bonds. The van der Waals surface area contributed by atoms with Crippen molar-refractivity contribution in [1.29, 1.82) is 0 Å². The van der Waals surface area contributed by atoms with Gasteiger partial charge in [0.05, 0.1) is 18.2 Å². The van der Waals surface area contributed by atoms with Crippen LogP contribution in [0.15, 0.2) is 60.8 Å². The Balaban J connectivity index is 1.76. The molecule has 1 unspecified atom stereocenters. The summed E-state index contributed by atoms with van der Waals surface area (Å²) in [5.74, 6) is -1.62. The number of carbonyl (C=O) groups is 2. The Morgan fingerprint density at radius 1 is 1.07 bits per heavy atom. The van der Waals surface area contributed by atoms with Gasteiger partial charge in [-0.05, 0) is 48.0 Å². The molecule has 2 N–H and O–H groups in total. The number of aromatic nitrogens is 2. The zero-order valence-electron chi connectivity index (χ0n) is 15.2. The molecule has 3 aromatic rings. The fourth-order valence-electron chi connectivity index (χ4n) is 2.75. The third-order valence-electron chi connectivity index (χ3n) is 4.23. The molecule has 0 aliphatic heterocycles. The normalized spacial score (nSPS) is 12.4. The fourth-order valence-corrected chi connectivity index (χ4v) is 2.87. The van der Waals surface area contributed by atoms with Crippen LogP contribution in [0.25, 0.3) is 5.69 Å². The molecule has 1 atom stereocenters. The van der Waals surface area contributed by atoms with Crippen LogP contribution in [0.5, 0.6) is 0 Å². The Labute approximate surface area is 173 Å². The Morgan fingerprint density at radius 2 is 1.70 bits per heavy atom. The maximum Gasteiger partial charge on any atom is 0.435 e. The highest BCUT2D eigenvalue weighted by Crippen LogP contribution is 2.28. The molecule has 0 aliphatic carbocycles. The third kappa shape index (κ3) is 5.18. The van der Waals surface area contributed by atoms with Crippen molar-refractivity contribution in [2.24, 2.45) is 0 Å². The van der Waals surface area contributed by atoms with Crippen molar-refractivity contribution < 1.29 is 27.9 Å². The number of rotatable bonds is 6. The summed E-state index contributed by atoms with van der Waals surface area (Å²) >= 11 is 5.84. The van der Waals surface area contributed by atoms with Gasteiger partial charge in [0.15, 0.2) is 5.69 Å². The lowest BCUT2D eigenvalue weighted by molar-refractivity contribution is -0.141. The Kier molecular flexibility index (Phi) is 6.12. The third-order valence-corrected chi connectivity index (χ3v) is 4.48. The second kappa shape index (κ2) is 8.58. The zero-order chi connectivity index (χ0) is 21.9. The maximum atomic E-state index is 12.7. The molecule has 6 nitrogen and oxygen atoms in total. The van der Waals surface area contributed by atoms with E-state index in [-0.39, 0.29) is 12.0 Å². The molecule has 0 aliphatic rings. The van der Waals surface area contributed by atoms with Gasteiger partial charge in [-0.2, -0.15) is 18.3 Å². The summed E-state index contributed by atoms with van der Waals surface area (Å²) < 4.78 is 39.1. The Bertz CT molecular complexity index is 1050. The minimum Gasteiger partial charge on any atom is -0.481 e. The summed E-state index contributed by atoms with van der Waals surface area (Å²) in [7, 11) is 0. The monoisotopic (exact) mass is 437 g/mol. The topological polar surface area (TPSA) is 84.2 Å². The fraction of sp³-hybridized carbons (Fsp3) is 0.150. The first-order chi connectivity index (χ1) is 14.1. The van der Waals surface area contributed by atoms with Crippen LogP contribution in [0, 0.1) is 0 Å². The minimum absolute atomic E-state index is 0.214. The maximum absolute atomic E-state index is 12.7. The van der Waals surface area contributed by atoms with E-state index in [4.69, 9.17) is 16.7 Å². The summed E-state index contributed by atoms with van der Waals surface area (Å²) in [6, 6.07) is 12.2. The zero-order valence-corrected chi connectivity index (χ0v) is 16.0. The SMILES string of the molecule is O=C(O)CC(NC(=O)c1ccc(-n2ccc(C(F)(F)F)n2)cc1)c1ccc(Cl)cc1. The number of amides is 1. The molecule has 1 aromatic heterocycles. The Morgan fingerprint density at radius 3 is 2.23 bits per heavy atom. The van der Waals surface area contributed by atoms with Crippen LogP contribution in [-0.2, 0) is 11.0 Å². The number of hydrogen-bond acceptors (Lipinski definition) is 3. The molecule has 0 bridgehead atoms. The van der Waals surface area contributed by atoms with Crippen molar-refractivity contribution in [2.45, 2.75) is 18.6 Å². The lowest BCUT2D eigenvalue weighted by Gasteiger charge is -2.18. The summed E-state index contributed by atoms with van der Waals surface area (Å²) in [6.45, 7) is 0. The van der Waals surface area contributed by atoms with Gasteiger partial charge < -0.3 is 10.4 Å². The van der Waals surface area contributed by atoms with Gasteiger partial charge in [0.25, 0.3) is 5.91 Å². The average Bonchev–Trinajstić information content (AvgIpc) is 3.18. The molecular formula is C20H15ClF3N3O3. The number of alkyl halides is 3. The van der Waals surface area contributed by atoms with Gasteiger partial charge in [-0.3, -0.25) is 9.59 Å². The number of carboxylic acid groups (broad SMARTS) is 1. The predicted molar refractivity (Wildman–Crippen MR) is 102 cm³/mol. The van der Waals surface area contributed by atoms with Crippen LogP contribution >= 0.6 is 11.6 Å². The van der Waals surface area contributed by atoms with E-state index in [9.17, 15) is 22.8 Å². The van der Waals surface area contributed by atoms with Crippen LogP contribution in [0.3, 0.4) is 0 Å². The van der Waals surface area contributed by atoms with Crippen molar-refractivity contribution in [3.8, 4) is 5.69 Å². The molecule has 30 heavy (non-hydrogen) atoms. The molecule has 2 aromatic carbocycles. The van der Waals surface area contributed by atoms with Gasteiger partial charge in [-0.1, -0.05) is 23.7 Å². The van der Waals surface area contributed by atoms with Gasteiger partial charge in [-0.15, -0.1) is 0 Å². The van der Waals surface area contributed by atoms with E-state index in [1.165, 1.54) is 30.5 Å². The van der Waals surface area contributed by atoms with E-state index < -0.39 is 29.8 Å². The van der Waals surface area contributed by atoms with Crippen LogP contribution in [0.1, 0.15) is 34.1 Å². The van der Waals surface area contributed by atoms with E-state index in [1.807, 2.05) is 0 Å². The molecule has 1 heterocycles. The quantitative estimate of drug-likeness (QED) is 0.595. The lowest BCUT2D eigenvalue weighted by atomic mass is 10.0. The van der Waals surface area contributed by atoms with Gasteiger partial charge in [0.2, 0.25) is 0 Å². The highest BCUT2D eigenvalue weighted by molar-refractivity contribution is 6.30. The number of benzene rings is 2. The van der Waals surface area contributed by atoms with E-state index in [0.717, 1.165) is 10.7 Å². The van der Waals surface area contributed by atoms with Crippen molar-refractivity contribution >= 4 is 23.5 Å². The van der Waals surface area contributed by atoms with E-state index >= 15 is 0 Å². The van der Waals surface area contributed by atoms with E-state index in [0.29, 0.717) is 16.3 Å². The molecule has 0 saturated heterocycles. The molecule has 0 saturated carbocycles. The second-order valence-electron chi connectivity index (χ2n) is 6.37. The summed E-state index contributed by atoms with van der Waals surface area (Å²) in [5.41, 5.74) is 0.0972. The summed E-state index contributed by atoms with van der Waals surface area (Å²) in [6.07, 6.45) is -3.72. The second-order valence-corrected chi connectivity index (χ2v) is 6.80. The molecule has 3 rings (SSSR count). The molecule has 156 valence electrons. The predicted octanol–water partition coefficient (Wildman–Crippen LogP) is 4.49. The van der Waals surface area contributed by atoms with Gasteiger partial charge in [0.1, 0.15) is 0 Å². The first-order valence-corrected chi connectivity index (χ1v) is 9.03. The standard InChI is InChI=1S/C20H15ClF3N3O3/c21-14-5-1-12(2-6-14)16(11-18(28)29)25-19(30)13-3-7-15(8-4-13)27-10-9-17(26-27)20(22,23)24/h1-10,16H,11H2,(H,25,30)(H,28,29). The highest BCUT2D eigenvalue weighted by Gasteiger charge is 2.33. The summed E-state index contributed by atoms with van der Waals surface area (Å²) in [5, 5.41) is 15.7. The van der Waals surface area contributed by atoms with Crippen molar-refractivity contribution in [1.82, 2.24) is 15.1 Å². The number of carbonyl (C=O) groups excluding carboxylic acids is 1. The first-order valence-electron chi connectivity index (χ1n) is 8.65. The van der Waals surface area contributed by atoms with Crippen LogP contribution in [0.4, 0.5) is 13.2 Å². The number of halogens is 4. The van der Waals surface area contributed by atoms with E-state index in [2.05, 4.69) is 10.4 Å². The van der Waals surface area contributed by atoms with E-state index in [1.54, 1.807) is 24.3 Å². The number of carboxylic acids is 1. The number of hydrogen-bond donors (Lipinski definition) is 2. The van der Waals surface area contributed by atoms with Crippen molar-refractivity contribution in [2.75, 3.05) is 0 Å². The number of nitrogens with zero attached hydrogens (tertiary/aromatic N) is 2. The van der Waals surface area contributed by atoms with Crippen molar-refractivity contribution in [3.63, 3.8) is 0 Å². The van der Waals surface area contributed by atoms with Crippen molar-refractivity contribution in [3.05, 3.63) is 82.6 Å². The number of nitrogens with one attached hydrogen (secondary N) is 1. The van der Waals surface area contributed by atoms with Crippen LogP contribution < -0.4 is 5.32 Å². The van der Waals surface area contributed by atoms with Crippen LogP contribution in [-0.4, -0.2) is 26.8 Å². The average molecular weight is 438 g/mol. The molecule has 0 spiro atoms. The molecular weight excluding hydrogens is 423 g/mol. The molecule has 0 fully saturated rings. The molecule has 0 radical (unpaired) electrons. The lowest BCUT2D eigenvalue weighted by Crippen LogP contribution is -2.30.